The molecule has 0 unspecified atom stereocenters. The summed E-state index contributed by atoms with van der Waals surface area (Å²) in [5.74, 6) is 2.23. The van der Waals surface area contributed by atoms with Gasteiger partial charge in [0.2, 0.25) is 0 Å². The van der Waals surface area contributed by atoms with Crippen molar-refractivity contribution >= 4 is 33.4 Å². The Morgan fingerprint density at radius 3 is 2.41 bits per heavy atom. The maximum Gasteiger partial charge on any atom is 0.140 e. The molecule has 32 heavy (non-hydrogen) atoms. The van der Waals surface area contributed by atoms with Crippen LogP contribution in [0.1, 0.15) is 67.9 Å². The standard InChI is InChI=1S/C27H33N5/c1-32-13-11-19(12-14-32)24-17-29-27-22(24)9-10-26(31-27)30-20-7-8-21-23(16-28-25(21)15-20)18-5-3-2-4-6-18/h7-10,15-19,28H,2-6,11-14H2,1H3,(H2,29,30,31). The number of nitrogens with zero attached hydrogens (tertiary/aromatic N) is 2. The van der Waals surface area contributed by atoms with Gasteiger partial charge in [0.25, 0.3) is 0 Å². The molecule has 0 bridgehead atoms. The molecule has 1 saturated heterocycles. The Balaban J connectivity index is 1.22. The Kier molecular flexibility index (Phi) is 5.14. The van der Waals surface area contributed by atoms with E-state index in [1.54, 1.807) is 0 Å². The lowest BCUT2D eigenvalue weighted by atomic mass is 9.84. The molecule has 0 radical (unpaired) electrons. The molecule has 0 atom stereocenters. The number of benzene rings is 1. The van der Waals surface area contributed by atoms with E-state index in [2.05, 4.69) is 70.0 Å². The van der Waals surface area contributed by atoms with Gasteiger partial charge in [0.05, 0.1) is 0 Å². The second-order valence-corrected chi connectivity index (χ2v) is 9.88. The van der Waals surface area contributed by atoms with Gasteiger partial charge >= 0.3 is 0 Å². The fourth-order valence-electron chi connectivity index (χ4n) is 5.88. The second kappa shape index (κ2) is 8.28. The van der Waals surface area contributed by atoms with Gasteiger partial charge in [0.1, 0.15) is 11.5 Å². The summed E-state index contributed by atoms with van der Waals surface area (Å²) in [7, 11) is 2.21. The number of pyridine rings is 1. The first-order valence-corrected chi connectivity index (χ1v) is 12.3. The summed E-state index contributed by atoms with van der Waals surface area (Å²) in [6.07, 6.45) is 13.6. The molecule has 3 N–H and O–H groups in total. The first-order chi connectivity index (χ1) is 15.7. The minimum Gasteiger partial charge on any atom is -0.361 e. The molecule has 2 fully saturated rings. The third-order valence-electron chi connectivity index (χ3n) is 7.76. The first kappa shape index (κ1) is 19.9. The Bertz CT molecular complexity index is 1220. The molecule has 3 aromatic heterocycles. The van der Waals surface area contributed by atoms with Crippen molar-refractivity contribution in [1.82, 2.24) is 19.9 Å². The SMILES string of the molecule is CN1CCC(c2c[nH]c3nc(Nc4ccc5c(C6CCCCC6)c[nH]c5c4)ccc23)CC1. The molecular weight excluding hydrogens is 394 g/mol. The smallest absolute Gasteiger partial charge is 0.140 e. The number of piperidine rings is 1. The molecule has 5 nitrogen and oxygen atoms in total. The van der Waals surface area contributed by atoms with E-state index in [-0.39, 0.29) is 0 Å². The highest BCUT2D eigenvalue weighted by atomic mass is 15.1. The summed E-state index contributed by atoms with van der Waals surface area (Å²) in [4.78, 5) is 14.2. The van der Waals surface area contributed by atoms with Gasteiger partial charge in [-0.1, -0.05) is 25.3 Å². The van der Waals surface area contributed by atoms with Crippen LogP contribution in [0.2, 0.25) is 0 Å². The van der Waals surface area contributed by atoms with Crippen LogP contribution in [0, 0.1) is 0 Å². The van der Waals surface area contributed by atoms with Crippen molar-refractivity contribution in [2.24, 2.45) is 0 Å². The fourth-order valence-corrected chi connectivity index (χ4v) is 5.88. The number of nitrogens with one attached hydrogen (secondary N) is 3. The highest BCUT2D eigenvalue weighted by Gasteiger charge is 2.22. The Hall–Kier alpha value is -2.79. The van der Waals surface area contributed by atoms with Gasteiger partial charge in [0, 0.05) is 34.4 Å². The molecule has 0 spiro atoms. The summed E-state index contributed by atoms with van der Waals surface area (Å²) >= 11 is 0. The zero-order valence-corrected chi connectivity index (χ0v) is 19.0. The lowest BCUT2D eigenvalue weighted by Crippen LogP contribution is -2.29. The number of likely N-dealkylation sites (tertiary alicyclic amines) is 1. The molecule has 1 aromatic carbocycles. The first-order valence-electron chi connectivity index (χ1n) is 12.3. The van der Waals surface area contributed by atoms with Crippen LogP contribution in [-0.4, -0.2) is 40.0 Å². The average Bonchev–Trinajstić information content (AvgIpc) is 3.44. The summed E-state index contributed by atoms with van der Waals surface area (Å²) in [6.45, 7) is 2.35. The van der Waals surface area contributed by atoms with Crippen LogP contribution in [-0.2, 0) is 0 Å². The molecule has 5 heteroatoms. The minimum absolute atomic E-state index is 0.634. The molecule has 6 rings (SSSR count). The number of hydrogen-bond donors (Lipinski definition) is 3. The summed E-state index contributed by atoms with van der Waals surface area (Å²) in [5, 5.41) is 6.15. The Morgan fingerprint density at radius 2 is 1.56 bits per heavy atom. The van der Waals surface area contributed by atoms with Gasteiger partial charge in [0.15, 0.2) is 0 Å². The van der Waals surface area contributed by atoms with Crippen LogP contribution in [0.5, 0.6) is 0 Å². The van der Waals surface area contributed by atoms with E-state index < -0.39 is 0 Å². The number of rotatable bonds is 4. The normalized spacial score (nSPS) is 19.2. The van der Waals surface area contributed by atoms with E-state index in [0.29, 0.717) is 11.8 Å². The summed E-state index contributed by atoms with van der Waals surface area (Å²) in [5.41, 5.74) is 6.18. The number of hydrogen-bond acceptors (Lipinski definition) is 3. The second-order valence-electron chi connectivity index (χ2n) is 9.88. The molecule has 1 aliphatic heterocycles. The van der Waals surface area contributed by atoms with E-state index in [0.717, 1.165) is 17.2 Å². The average molecular weight is 428 g/mol. The molecular formula is C27H33N5. The predicted molar refractivity (Wildman–Crippen MR) is 133 cm³/mol. The third kappa shape index (κ3) is 3.69. The van der Waals surface area contributed by atoms with Crippen molar-refractivity contribution in [3.05, 3.63) is 53.9 Å². The van der Waals surface area contributed by atoms with Crippen LogP contribution in [0.25, 0.3) is 21.9 Å². The highest BCUT2D eigenvalue weighted by molar-refractivity contribution is 5.88. The minimum atomic E-state index is 0.634. The van der Waals surface area contributed by atoms with Crippen molar-refractivity contribution in [2.45, 2.75) is 56.8 Å². The quantitative estimate of drug-likeness (QED) is 0.342. The number of H-pyrrole nitrogens is 2. The Labute approximate surface area is 189 Å². The van der Waals surface area contributed by atoms with Crippen molar-refractivity contribution in [2.75, 3.05) is 25.5 Å². The zero-order valence-electron chi connectivity index (χ0n) is 19.0. The van der Waals surface area contributed by atoms with Gasteiger partial charge in [-0.2, -0.15) is 0 Å². The molecule has 4 aromatic rings. The van der Waals surface area contributed by atoms with Crippen molar-refractivity contribution in [1.29, 1.82) is 0 Å². The van der Waals surface area contributed by atoms with Crippen LogP contribution in [0.15, 0.2) is 42.7 Å². The molecule has 1 saturated carbocycles. The maximum atomic E-state index is 4.87. The van der Waals surface area contributed by atoms with E-state index in [4.69, 9.17) is 4.98 Å². The molecule has 1 aliphatic carbocycles. The van der Waals surface area contributed by atoms with E-state index in [1.807, 2.05) is 0 Å². The van der Waals surface area contributed by atoms with Crippen LogP contribution in [0.3, 0.4) is 0 Å². The largest absolute Gasteiger partial charge is 0.361 e. The van der Waals surface area contributed by atoms with Crippen molar-refractivity contribution in [3.8, 4) is 0 Å². The lowest BCUT2D eigenvalue weighted by Gasteiger charge is -2.28. The van der Waals surface area contributed by atoms with Gasteiger partial charge in [-0.05, 0) is 93.0 Å². The maximum absolute atomic E-state index is 4.87. The van der Waals surface area contributed by atoms with E-state index in [9.17, 15) is 0 Å². The van der Waals surface area contributed by atoms with E-state index in [1.165, 1.54) is 85.5 Å². The number of aromatic nitrogens is 3. The van der Waals surface area contributed by atoms with Crippen molar-refractivity contribution < 1.29 is 0 Å². The van der Waals surface area contributed by atoms with Gasteiger partial charge in [-0.3, -0.25) is 0 Å². The van der Waals surface area contributed by atoms with Crippen LogP contribution >= 0.6 is 0 Å². The van der Waals surface area contributed by atoms with Crippen LogP contribution < -0.4 is 5.32 Å². The van der Waals surface area contributed by atoms with Gasteiger partial charge < -0.3 is 20.2 Å². The van der Waals surface area contributed by atoms with Crippen LogP contribution in [0.4, 0.5) is 11.5 Å². The van der Waals surface area contributed by atoms with Crippen molar-refractivity contribution in [3.63, 3.8) is 0 Å². The lowest BCUT2D eigenvalue weighted by molar-refractivity contribution is 0.256. The van der Waals surface area contributed by atoms with Gasteiger partial charge in [-0.15, -0.1) is 0 Å². The number of aromatic amines is 2. The highest BCUT2D eigenvalue weighted by Crippen LogP contribution is 2.37. The molecule has 0 amide bonds. The predicted octanol–water partition coefficient (Wildman–Crippen LogP) is 6.64. The van der Waals surface area contributed by atoms with Gasteiger partial charge in [-0.25, -0.2) is 4.98 Å². The summed E-state index contributed by atoms with van der Waals surface area (Å²) in [6, 6.07) is 11.0. The third-order valence-corrected chi connectivity index (χ3v) is 7.76. The van der Waals surface area contributed by atoms with E-state index >= 15 is 0 Å². The zero-order chi connectivity index (χ0) is 21.5. The monoisotopic (exact) mass is 427 g/mol. The summed E-state index contributed by atoms with van der Waals surface area (Å²) < 4.78 is 0. The molecule has 166 valence electrons. The Morgan fingerprint density at radius 1 is 0.844 bits per heavy atom. The fraction of sp³-hybridized carbons (Fsp3) is 0.444. The number of fused-ring (bicyclic) bond motifs is 2. The molecule has 4 heterocycles. The number of anilines is 2. The topological polar surface area (TPSA) is 59.7 Å². The molecule has 2 aliphatic rings.